The number of fused-ring (bicyclic) bond motifs is 2. The van der Waals surface area contributed by atoms with Gasteiger partial charge in [0.25, 0.3) is 5.56 Å². The van der Waals surface area contributed by atoms with E-state index in [4.69, 9.17) is 24.5 Å². The van der Waals surface area contributed by atoms with Gasteiger partial charge in [-0.2, -0.15) is 13.4 Å². The molecule has 0 amide bonds. The monoisotopic (exact) mass is 403 g/mol. The first-order valence-electron chi connectivity index (χ1n) is 7.89. The third-order valence-electron chi connectivity index (χ3n) is 4.23. The number of hydrogen-bond acceptors (Lipinski definition) is 10. The third kappa shape index (κ3) is 3.30. The smallest absolute Gasteiger partial charge is 0.369 e. The quantitative estimate of drug-likeness (QED) is 0.529. The molecule has 0 aromatic carbocycles. The van der Waals surface area contributed by atoms with Gasteiger partial charge in [0, 0.05) is 0 Å². The lowest BCUT2D eigenvalue weighted by Gasteiger charge is -2.24. The lowest BCUT2D eigenvalue weighted by atomic mass is 10.1. The third-order valence-corrected chi connectivity index (χ3v) is 4.67. The first kappa shape index (κ1) is 18.3. The normalized spacial score (nSPS) is 30.0. The Hall–Kier alpha value is -2.10. The molecule has 0 bridgehead atoms. The zero-order valence-corrected chi connectivity index (χ0v) is 15.0. The minimum absolute atomic E-state index is 0.0557. The number of rotatable bonds is 4. The predicted molar refractivity (Wildman–Crippen MR) is 87.8 cm³/mol. The van der Waals surface area contributed by atoms with Crippen molar-refractivity contribution in [3.63, 3.8) is 0 Å². The van der Waals surface area contributed by atoms with E-state index in [1.807, 2.05) is 0 Å². The molecule has 2 fully saturated rings. The number of hydrogen-bond donors (Lipinski definition) is 3. The van der Waals surface area contributed by atoms with Gasteiger partial charge < -0.3 is 19.9 Å². The summed E-state index contributed by atoms with van der Waals surface area (Å²) in [6, 6.07) is 0. The van der Waals surface area contributed by atoms with E-state index >= 15 is 0 Å². The summed E-state index contributed by atoms with van der Waals surface area (Å²) < 4.78 is 54.0. The van der Waals surface area contributed by atoms with Gasteiger partial charge in [-0.3, -0.25) is 18.9 Å². The largest absolute Gasteiger partial charge is 0.397 e. The molecular weight excluding hydrogens is 386 g/mol. The molecule has 4 rings (SSSR count). The lowest BCUT2D eigenvalue weighted by Crippen LogP contribution is -2.33. The van der Waals surface area contributed by atoms with Crippen LogP contribution >= 0.6 is 0 Å². The van der Waals surface area contributed by atoms with Crippen LogP contribution in [0.3, 0.4) is 0 Å². The number of nitrogens with zero attached hydrogens (tertiary/aromatic N) is 3. The molecule has 0 radical (unpaired) electrons. The topological polar surface area (TPSA) is 181 Å². The molecule has 13 nitrogen and oxygen atoms in total. The zero-order chi connectivity index (χ0) is 19.6. The van der Waals surface area contributed by atoms with Crippen LogP contribution in [0.2, 0.25) is 0 Å². The van der Waals surface area contributed by atoms with E-state index in [1.54, 1.807) is 13.8 Å². The molecule has 2 aliphatic heterocycles. The number of aromatic nitrogens is 4. The van der Waals surface area contributed by atoms with Crippen molar-refractivity contribution in [1.29, 1.82) is 0 Å². The van der Waals surface area contributed by atoms with Crippen molar-refractivity contribution in [3.8, 4) is 0 Å². The second kappa shape index (κ2) is 5.95. The lowest BCUT2D eigenvalue weighted by molar-refractivity contribution is -0.198. The molecule has 27 heavy (non-hydrogen) atoms. The fourth-order valence-electron chi connectivity index (χ4n) is 3.30. The highest BCUT2D eigenvalue weighted by Gasteiger charge is 2.56. The summed E-state index contributed by atoms with van der Waals surface area (Å²) in [5.74, 6) is -1.06. The van der Waals surface area contributed by atoms with Gasteiger partial charge in [-0.1, -0.05) is 0 Å². The first-order valence-corrected chi connectivity index (χ1v) is 9.26. The van der Waals surface area contributed by atoms with Crippen LogP contribution in [0.25, 0.3) is 11.2 Å². The maximum atomic E-state index is 12.0. The minimum Gasteiger partial charge on any atom is -0.369 e. The van der Waals surface area contributed by atoms with E-state index in [-0.39, 0.29) is 17.1 Å². The summed E-state index contributed by atoms with van der Waals surface area (Å²) in [6.07, 6.45) is -1.74. The Morgan fingerprint density at radius 2 is 2.11 bits per heavy atom. The number of nitrogens with two attached hydrogens (primary N) is 1. The molecule has 4 atom stereocenters. The Morgan fingerprint density at radius 3 is 2.81 bits per heavy atom. The van der Waals surface area contributed by atoms with Crippen molar-refractivity contribution < 1.29 is 31.4 Å². The van der Waals surface area contributed by atoms with E-state index in [2.05, 4.69) is 19.1 Å². The highest BCUT2D eigenvalue weighted by atomic mass is 32.3. The number of nitrogens with one attached hydrogen (secondary N) is 1. The molecule has 2 aromatic heterocycles. The summed E-state index contributed by atoms with van der Waals surface area (Å²) in [4.78, 5) is 22.4. The summed E-state index contributed by atoms with van der Waals surface area (Å²) in [6.45, 7) is 2.89. The molecule has 0 spiro atoms. The first-order chi connectivity index (χ1) is 12.5. The Bertz CT molecular complexity index is 1050. The molecule has 148 valence electrons. The molecule has 2 aliphatic rings. The Balaban J connectivity index is 1.71. The van der Waals surface area contributed by atoms with Crippen molar-refractivity contribution in [2.45, 2.75) is 44.2 Å². The predicted octanol–water partition coefficient (Wildman–Crippen LogP) is -1.06. The van der Waals surface area contributed by atoms with Crippen LogP contribution in [0.15, 0.2) is 11.1 Å². The molecule has 2 aromatic rings. The van der Waals surface area contributed by atoms with E-state index in [1.165, 1.54) is 10.9 Å². The maximum Gasteiger partial charge on any atom is 0.397 e. The second-order valence-electron chi connectivity index (χ2n) is 6.62. The van der Waals surface area contributed by atoms with Crippen LogP contribution in [0, 0.1) is 0 Å². The van der Waals surface area contributed by atoms with Gasteiger partial charge in [-0.15, -0.1) is 0 Å². The van der Waals surface area contributed by atoms with Crippen molar-refractivity contribution in [1.82, 2.24) is 19.5 Å². The van der Waals surface area contributed by atoms with Crippen molar-refractivity contribution in [2.24, 2.45) is 0 Å². The fraction of sp³-hybridized carbons (Fsp3) is 0.615. The van der Waals surface area contributed by atoms with Crippen LogP contribution < -0.4 is 11.3 Å². The maximum absolute atomic E-state index is 12.0. The van der Waals surface area contributed by atoms with Gasteiger partial charge in [0.1, 0.15) is 18.3 Å². The molecule has 4 unspecified atom stereocenters. The second-order valence-corrected chi connectivity index (χ2v) is 7.71. The molecule has 0 saturated carbocycles. The molecule has 4 N–H and O–H groups in total. The summed E-state index contributed by atoms with van der Waals surface area (Å²) >= 11 is 0. The van der Waals surface area contributed by atoms with E-state index in [0.29, 0.717) is 0 Å². The molecule has 4 heterocycles. The van der Waals surface area contributed by atoms with Crippen molar-refractivity contribution in [3.05, 3.63) is 16.7 Å². The van der Waals surface area contributed by atoms with Gasteiger partial charge in [-0.05, 0) is 13.8 Å². The van der Waals surface area contributed by atoms with Gasteiger partial charge in [0.15, 0.2) is 23.2 Å². The molecular formula is C13H17N5O8S. The number of anilines is 1. The van der Waals surface area contributed by atoms with Crippen LogP contribution in [0.5, 0.6) is 0 Å². The number of aromatic amines is 1. The van der Waals surface area contributed by atoms with E-state index in [9.17, 15) is 13.2 Å². The van der Waals surface area contributed by atoms with Crippen molar-refractivity contribution >= 4 is 27.5 Å². The van der Waals surface area contributed by atoms with Gasteiger partial charge >= 0.3 is 10.4 Å². The standard InChI is InChI=1S/C13H17N5O8S/c1-13(2)25-7-5(3-23-27(20,21)22)24-11(8(7)26-13)18-4-15-6-9(18)16-12(14)17-10(6)19/h4-5,7-8,11H,3H2,1-2H3,(H,20,21,22)(H3,14,16,17,19). The van der Waals surface area contributed by atoms with Crippen LogP contribution in [0.4, 0.5) is 5.95 Å². The van der Waals surface area contributed by atoms with Crippen molar-refractivity contribution in [2.75, 3.05) is 12.3 Å². The summed E-state index contributed by atoms with van der Waals surface area (Å²) in [7, 11) is -4.66. The Morgan fingerprint density at radius 1 is 1.41 bits per heavy atom. The van der Waals surface area contributed by atoms with Gasteiger partial charge in [0.2, 0.25) is 5.95 Å². The Labute approximate surface area is 152 Å². The van der Waals surface area contributed by atoms with Gasteiger partial charge in [-0.25, -0.2) is 9.17 Å². The number of H-pyrrole nitrogens is 1. The number of nitrogen functional groups attached to an aromatic ring is 1. The van der Waals surface area contributed by atoms with Crippen LogP contribution in [-0.4, -0.2) is 63.2 Å². The number of ether oxygens (including phenoxy) is 3. The number of imidazole rings is 1. The zero-order valence-electron chi connectivity index (χ0n) is 14.2. The highest BCUT2D eigenvalue weighted by molar-refractivity contribution is 7.80. The SMILES string of the molecule is CC1(C)OC2C(COS(=O)(=O)O)OC(n3cnc4c(=O)[nH]c(N)nc43)C2O1. The Kier molecular flexibility index (Phi) is 4.03. The van der Waals surface area contributed by atoms with Gasteiger partial charge in [0.05, 0.1) is 12.9 Å². The average Bonchev–Trinajstić information content (AvgIpc) is 3.15. The highest BCUT2D eigenvalue weighted by Crippen LogP contribution is 2.43. The van der Waals surface area contributed by atoms with Crippen LogP contribution in [0.1, 0.15) is 20.1 Å². The average molecular weight is 403 g/mol. The molecule has 2 saturated heterocycles. The molecule has 0 aliphatic carbocycles. The summed E-state index contributed by atoms with van der Waals surface area (Å²) in [5, 5.41) is 0. The van der Waals surface area contributed by atoms with E-state index in [0.717, 1.165) is 0 Å². The fourth-order valence-corrected chi connectivity index (χ4v) is 3.61. The minimum atomic E-state index is -4.66. The van der Waals surface area contributed by atoms with Crippen LogP contribution in [-0.2, 0) is 28.8 Å². The van der Waals surface area contributed by atoms with E-state index < -0.39 is 52.9 Å². The molecule has 14 heteroatoms. The summed E-state index contributed by atoms with van der Waals surface area (Å²) in [5.41, 5.74) is 5.32.